The lowest BCUT2D eigenvalue weighted by Gasteiger charge is -2.36. The van der Waals surface area contributed by atoms with Gasteiger partial charge in [0.15, 0.2) is 0 Å². The molecule has 2 aliphatic rings. The van der Waals surface area contributed by atoms with E-state index in [2.05, 4.69) is 5.32 Å². The Morgan fingerprint density at radius 3 is 2.84 bits per heavy atom. The molecule has 1 amide bonds. The molecule has 4 nitrogen and oxygen atoms in total. The second-order valence-corrected chi connectivity index (χ2v) is 5.96. The molecule has 0 bridgehead atoms. The average Bonchev–Trinajstić information content (AvgIpc) is 2.64. The number of carbonyl (C=O) groups is 1. The summed E-state index contributed by atoms with van der Waals surface area (Å²) in [5.41, 5.74) is 0. The van der Waals surface area contributed by atoms with E-state index in [9.17, 15) is 4.79 Å². The largest absolute Gasteiger partial charge is 0.378 e. The van der Waals surface area contributed by atoms with Crippen LogP contribution in [0.25, 0.3) is 0 Å². The standard InChI is InChI=1S/C15H28N2O2/c1-3-19-14-9-12(10-14)11-15(18)17(2)13-5-4-7-16-8-6-13/h12-14,16H,3-11H2,1-2H3. The van der Waals surface area contributed by atoms with E-state index < -0.39 is 0 Å². The van der Waals surface area contributed by atoms with Crippen LogP contribution in [0.4, 0.5) is 0 Å². The van der Waals surface area contributed by atoms with Gasteiger partial charge in [0.05, 0.1) is 6.10 Å². The monoisotopic (exact) mass is 268 g/mol. The molecule has 4 heteroatoms. The first-order chi connectivity index (χ1) is 9.20. The van der Waals surface area contributed by atoms with E-state index in [-0.39, 0.29) is 0 Å². The number of amides is 1. The average molecular weight is 268 g/mol. The Hall–Kier alpha value is -0.610. The van der Waals surface area contributed by atoms with Crippen LogP contribution >= 0.6 is 0 Å². The van der Waals surface area contributed by atoms with Gasteiger partial charge in [0.2, 0.25) is 5.91 Å². The Bertz CT molecular complexity index is 282. The summed E-state index contributed by atoms with van der Waals surface area (Å²) in [6, 6.07) is 0.435. The van der Waals surface area contributed by atoms with Crippen molar-refractivity contribution in [1.82, 2.24) is 10.2 Å². The Kier molecular flexibility index (Phi) is 5.64. The van der Waals surface area contributed by atoms with Gasteiger partial charge in [0, 0.05) is 26.1 Å². The van der Waals surface area contributed by atoms with Gasteiger partial charge in [-0.2, -0.15) is 0 Å². The summed E-state index contributed by atoms with van der Waals surface area (Å²) < 4.78 is 5.55. The molecular formula is C15H28N2O2. The summed E-state index contributed by atoms with van der Waals surface area (Å²) in [5.74, 6) is 0.877. The van der Waals surface area contributed by atoms with E-state index in [4.69, 9.17) is 4.74 Å². The van der Waals surface area contributed by atoms with Gasteiger partial charge in [-0.05, 0) is 58.0 Å². The fraction of sp³-hybridized carbons (Fsp3) is 0.933. The van der Waals surface area contributed by atoms with Crippen LogP contribution in [-0.4, -0.2) is 49.7 Å². The van der Waals surface area contributed by atoms with E-state index in [1.54, 1.807) is 0 Å². The molecule has 2 fully saturated rings. The first-order valence-electron chi connectivity index (χ1n) is 7.78. The van der Waals surface area contributed by atoms with Crippen molar-refractivity contribution in [2.24, 2.45) is 5.92 Å². The van der Waals surface area contributed by atoms with Crippen LogP contribution in [0.1, 0.15) is 45.4 Å². The SMILES string of the molecule is CCOC1CC(CC(=O)N(C)C2CCCNCC2)C1. The van der Waals surface area contributed by atoms with Gasteiger partial charge >= 0.3 is 0 Å². The number of hydrogen-bond acceptors (Lipinski definition) is 3. The fourth-order valence-corrected chi connectivity index (χ4v) is 3.20. The number of nitrogens with zero attached hydrogens (tertiary/aromatic N) is 1. The number of nitrogens with one attached hydrogen (secondary N) is 1. The lowest BCUT2D eigenvalue weighted by atomic mass is 9.79. The summed E-state index contributed by atoms with van der Waals surface area (Å²) in [4.78, 5) is 14.3. The molecule has 19 heavy (non-hydrogen) atoms. The molecule has 1 N–H and O–H groups in total. The van der Waals surface area contributed by atoms with Crippen molar-refractivity contribution in [1.29, 1.82) is 0 Å². The van der Waals surface area contributed by atoms with Crippen molar-refractivity contribution in [2.75, 3.05) is 26.7 Å². The minimum Gasteiger partial charge on any atom is -0.378 e. The Labute approximate surface area is 116 Å². The second-order valence-electron chi connectivity index (χ2n) is 5.96. The highest BCUT2D eigenvalue weighted by Crippen LogP contribution is 2.33. The maximum Gasteiger partial charge on any atom is 0.222 e. The third-order valence-electron chi connectivity index (χ3n) is 4.54. The minimum absolute atomic E-state index is 0.326. The predicted octanol–water partition coefficient (Wildman–Crippen LogP) is 1.79. The molecule has 1 aliphatic heterocycles. The van der Waals surface area contributed by atoms with Crippen LogP contribution in [0.5, 0.6) is 0 Å². The van der Waals surface area contributed by atoms with Gasteiger partial charge in [0.25, 0.3) is 0 Å². The smallest absolute Gasteiger partial charge is 0.222 e. The van der Waals surface area contributed by atoms with Crippen LogP contribution in [0.2, 0.25) is 0 Å². The van der Waals surface area contributed by atoms with Gasteiger partial charge in [-0.25, -0.2) is 0 Å². The van der Waals surface area contributed by atoms with Crippen molar-refractivity contribution >= 4 is 5.91 Å². The summed E-state index contributed by atoms with van der Waals surface area (Å²) in [7, 11) is 1.98. The van der Waals surface area contributed by atoms with Gasteiger partial charge in [-0.15, -0.1) is 0 Å². The molecule has 0 aromatic heterocycles. The Morgan fingerprint density at radius 2 is 2.11 bits per heavy atom. The molecule has 0 spiro atoms. The van der Waals surface area contributed by atoms with E-state index in [0.29, 0.717) is 30.4 Å². The number of hydrogen-bond donors (Lipinski definition) is 1. The third-order valence-corrected chi connectivity index (χ3v) is 4.54. The van der Waals surface area contributed by atoms with Crippen LogP contribution in [0.3, 0.4) is 0 Å². The quantitative estimate of drug-likeness (QED) is 0.826. The van der Waals surface area contributed by atoms with Crippen molar-refractivity contribution in [2.45, 2.75) is 57.6 Å². The predicted molar refractivity (Wildman–Crippen MR) is 76.0 cm³/mol. The van der Waals surface area contributed by atoms with E-state index >= 15 is 0 Å². The topological polar surface area (TPSA) is 41.6 Å². The molecular weight excluding hydrogens is 240 g/mol. The molecule has 110 valence electrons. The Balaban J connectivity index is 1.70. The van der Waals surface area contributed by atoms with Crippen molar-refractivity contribution in [3.05, 3.63) is 0 Å². The molecule has 0 radical (unpaired) electrons. The number of rotatable bonds is 5. The maximum atomic E-state index is 12.3. The molecule has 1 heterocycles. The molecule has 1 aliphatic carbocycles. The summed E-state index contributed by atoms with van der Waals surface area (Å²) >= 11 is 0. The van der Waals surface area contributed by atoms with Crippen LogP contribution in [0, 0.1) is 5.92 Å². The number of ether oxygens (including phenoxy) is 1. The molecule has 1 unspecified atom stereocenters. The van der Waals surface area contributed by atoms with Gasteiger partial charge in [-0.3, -0.25) is 4.79 Å². The van der Waals surface area contributed by atoms with Gasteiger partial charge < -0.3 is 15.0 Å². The third kappa shape index (κ3) is 4.18. The first kappa shape index (κ1) is 14.8. The highest BCUT2D eigenvalue weighted by atomic mass is 16.5. The molecule has 0 aromatic carbocycles. The fourth-order valence-electron chi connectivity index (χ4n) is 3.20. The Morgan fingerprint density at radius 1 is 1.32 bits per heavy atom. The highest BCUT2D eigenvalue weighted by Gasteiger charge is 2.32. The van der Waals surface area contributed by atoms with E-state index in [1.807, 2.05) is 18.9 Å². The molecule has 0 aromatic rings. The summed E-state index contributed by atoms with van der Waals surface area (Å²) in [6.45, 7) is 4.96. The van der Waals surface area contributed by atoms with Crippen LogP contribution < -0.4 is 5.32 Å². The zero-order valence-corrected chi connectivity index (χ0v) is 12.4. The molecule has 1 atom stereocenters. The normalized spacial score (nSPS) is 31.4. The minimum atomic E-state index is 0.326. The highest BCUT2D eigenvalue weighted by molar-refractivity contribution is 5.76. The first-order valence-corrected chi connectivity index (χ1v) is 7.78. The van der Waals surface area contributed by atoms with E-state index in [1.165, 1.54) is 6.42 Å². The molecule has 2 rings (SSSR count). The zero-order chi connectivity index (χ0) is 13.7. The summed E-state index contributed by atoms with van der Waals surface area (Å²) in [6.07, 6.45) is 6.67. The van der Waals surface area contributed by atoms with Crippen molar-refractivity contribution < 1.29 is 9.53 Å². The van der Waals surface area contributed by atoms with Crippen molar-refractivity contribution in [3.63, 3.8) is 0 Å². The molecule has 1 saturated carbocycles. The van der Waals surface area contributed by atoms with Gasteiger partial charge in [0.1, 0.15) is 0 Å². The lowest BCUT2D eigenvalue weighted by molar-refractivity contribution is -0.135. The van der Waals surface area contributed by atoms with E-state index in [0.717, 1.165) is 45.4 Å². The van der Waals surface area contributed by atoms with Gasteiger partial charge in [-0.1, -0.05) is 0 Å². The second kappa shape index (κ2) is 7.25. The lowest BCUT2D eigenvalue weighted by Crippen LogP contribution is -2.41. The maximum absolute atomic E-state index is 12.3. The molecule has 1 saturated heterocycles. The van der Waals surface area contributed by atoms with Crippen LogP contribution in [0.15, 0.2) is 0 Å². The van der Waals surface area contributed by atoms with Crippen LogP contribution in [-0.2, 0) is 9.53 Å². The zero-order valence-electron chi connectivity index (χ0n) is 12.4. The number of carbonyl (C=O) groups excluding carboxylic acids is 1. The van der Waals surface area contributed by atoms with Crippen molar-refractivity contribution in [3.8, 4) is 0 Å². The summed E-state index contributed by atoms with van der Waals surface area (Å²) in [5, 5.41) is 3.40.